The minimum Gasteiger partial charge on any atom is -0.424 e. The minimum absolute atomic E-state index is 0.0464. The van der Waals surface area contributed by atoms with Crippen LogP contribution in [-0.4, -0.2) is 31.9 Å². The van der Waals surface area contributed by atoms with Gasteiger partial charge < -0.3 is 4.42 Å². The molecule has 0 bridgehead atoms. The van der Waals surface area contributed by atoms with Crippen LogP contribution in [-0.2, 0) is 6.54 Å². The van der Waals surface area contributed by atoms with Gasteiger partial charge >= 0.3 is 0 Å². The molecule has 6 nitrogen and oxygen atoms in total. The average molecular weight is 325 g/mol. The molecule has 2 aromatic heterocycles. The highest BCUT2D eigenvalue weighted by Gasteiger charge is 2.21. The number of aryl methyl sites for hydroxylation is 2. The van der Waals surface area contributed by atoms with Gasteiger partial charge in [-0.25, -0.2) is 4.68 Å². The summed E-state index contributed by atoms with van der Waals surface area (Å²) in [7, 11) is 2.06. The van der Waals surface area contributed by atoms with Gasteiger partial charge in [0.15, 0.2) is 0 Å². The normalized spacial score (nSPS) is 12.8. The smallest absolute Gasteiger partial charge is 0.233 e. The molecular weight excluding hydrogens is 302 g/mol. The number of hydrogen-bond acceptors (Lipinski definition) is 5. The number of benzene rings is 1. The number of aromatic nitrogens is 4. The number of hydrogen-bond donors (Lipinski definition) is 0. The Kier molecular flexibility index (Phi) is 4.49. The maximum absolute atomic E-state index is 5.55. The quantitative estimate of drug-likeness (QED) is 0.720. The highest BCUT2D eigenvalue weighted by Crippen LogP contribution is 2.23. The molecule has 0 N–H and O–H groups in total. The molecule has 0 saturated heterocycles. The van der Waals surface area contributed by atoms with Crippen molar-refractivity contribution in [1.29, 1.82) is 0 Å². The monoisotopic (exact) mass is 325 g/mol. The standard InChI is InChI=1S/C18H23N5O/c1-12-17(11-22(5)14(3)18-20-19-15(4)24-18)13(2)23(21-12)16-9-7-6-8-10-16/h6-10,14H,11H2,1-5H3/t14-/m1/s1. The third-order valence-electron chi connectivity index (χ3n) is 4.41. The van der Waals surface area contributed by atoms with Crippen molar-refractivity contribution in [3.05, 3.63) is 59.1 Å². The van der Waals surface area contributed by atoms with Gasteiger partial charge in [0.1, 0.15) is 0 Å². The SMILES string of the molecule is Cc1nnc([C@@H](C)N(C)Cc2c(C)nn(-c3ccccc3)c2C)o1. The van der Waals surface area contributed by atoms with Gasteiger partial charge in [0.25, 0.3) is 0 Å². The summed E-state index contributed by atoms with van der Waals surface area (Å²) in [6.45, 7) is 8.81. The lowest BCUT2D eigenvalue weighted by molar-refractivity contribution is 0.214. The van der Waals surface area contributed by atoms with Crippen molar-refractivity contribution < 1.29 is 4.42 Å². The van der Waals surface area contributed by atoms with Crippen molar-refractivity contribution in [2.45, 2.75) is 40.3 Å². The first-order valence-electron chi connectivity index (χ1n) is 8.08. The summed E-state index contributed by atoms with van der Waals surface area (Å²) in [5, 5.41) is 12.8. The maximum Gasteiger partial charge on any atom is 0.233 e. The zero-order valence-corrected chi connectivity index (χ0v) is 14.8. The Morgan fingerprint density at radius 1 is 1.12 bits per heavy atom. The molecule has 3 aromatic rings. The van der Waals surface area contributed by atoms with E-state index in [4.69, 9.17) is 9.52 Å². The van der Waals surface area contributed by atoms with E-state index in [1.165, 1.54) is 5.56 Å². The van der Waals surface area contributed by atoms with Crippen LogP contribution in [0.3, 0.4) is 0 Å². The molecule has 0 unspecified atom stereocenters. The predicted molar refractivity (Wildman–Crippen MR) is 92.0 cm³/mol. The van der Waals surface area contributed by atoms with E-state index in [1.807, 2.05) is 22.9 Å². The molecular formula is C18H23N5O. The first kappa shape index (κ1) is 16.4. The fourth-order valence-electron chi connectivity index (χ4n) is 2.78. The van der Waals surface area contributed by atoms with Crippen molar-refractivity contribution in [1.82, 2.24) is 24.9 Å². The lowest BCUT2D eigenvalue weighted by atomic mass is 10.1. The summed E-state index contributed by atoms with van der Waals surface area (Å²) < 4.78 is 7.55. The van der Waals surface area contributed by atoms with E-state index < -0.39 is 0 Å². The van der Waals surface area contributed by atoms with E-state index in [1.54, 1.807) is 6.92 Å². The van der Waals surface area contributed by atoms with Gasteiger partial charge in [-0.3, -0.25) is 4.90 Å². The van der Waals surface area contributed by atoms with Crippen LogP contribution in [0.4, 0.5) is 0 Å². The zero-order valence-electron chi connectivity index (χ0n) is 14.8. The fourth-order valence-corrected chi connectivity index (χ4v) is 2.78. The van der Waals surface area contributed by atoms with E-state index in [-0.39, 0.29) is 6.04 Å². The molecule has 3 rings (SSSR count). The Balaban J connectivity index is 1.84. The summed E-state index contributed by atoms with van der Waals surface area (Å²) in [6, 6.07) is 10.2. The summed E-state index contributed by atoms with van der Waals surface area (Å²) in [5.74, 6) is 1.23. The zero-order chi connectivity index (χ0) is 17.3. The van der Waals surface area contributed by atoms with E-state index >= 15 is 0 Å². The molecule has 126 valence electrons. The minimum atomic E-state index is 0.0464. The molecule has 2 heterocycles. The van der Waals surface area contributed by atoms with Crippen LogP contribution in [0.15, 0.2) is 34.7 Å². The van der Waals surface area contributed by atoms with Crippen LogP contribution in [0.25, 0.3) is 5.69 Å². The van der Waals surface area contributed by atoms with Gasteiger partial charge in [-0.1, -0.05) is 18.2 Å². The van der Waals surface area contributed by atoms with Gasteiger partial charge in [0, 0.05) is 24.7 Å². The van der Waals surface area contributed by atoms with Gasteiger partial charge in [0.2, 0.25) is 11.8 Å². The summed E-state index contributed by atoms with van der Waals surface area (Å²) in [4.78, 5) is 2.19. The van der Waals surface area contributed by atoms with E-state index in [2.05, 4.69) is 55.0 Å². The first-order chi connectivity index (χ1) is 11.5. The van der Waals surface area contributed by atoms with Crippen LogP contribution in [0, 0.1) is 20.8 Å². The van der Waals surface area contributed by atoms with Crippen LogP contribution in [0.2, 0.25) is 0 Å². The van der Waals surface area contributed by atoms with Gasteiger partial charge in [-0.15, -0.1) is 10.2 Å². The maximum atomic E-state index is 5.55. The average Bonchev–Trinajstić information content (AvgIpc) is 3.13. The van der Waals surface area contributed by atoms with E-state index in [0.29, 0.717) is 11.8 Å². The summed E-state index contributed by atoms with van der Waals surface area (Å²) in [6.07, 6.45) is 0. The Morgan fingerprint density at radius 2 is 1.83 bits per heavy atom. The summed E-state index contributed by atoms with van der Waals surface area (Å²) in [5.41, 5.74) is 4.49. The molecule has 0 amide bonds. The van der Waals surface area contributed by atoms with Crippen LogP contribution in [0.5, 0.6) is 0 Å². The topological polar surface area (TPSA) is 60.0 Å². The lowest BCUT2D eigenvalue weighted by Gasteiger charge is -2.22. The molecule has 0 aliphatic rings. The van der Waals surface area contributed by atoms with Gasteiger partial charge in [-0.05, 0) is 40.0 Å². The molecule has 24 heavy (non-hydrogen) atoms. The van der Waals surface area contributed by atoms with E-state index in [9.17, 15) is 0 Å². The highest BCUT2D eigenvalue weighted by atomic mass is 16.4. The summed E-state index contributed by atoms with van der Waals surface area (Å²) >= 11 is 0. The second kappa shape index (κ2) is 6.57. The van der Waals surface area contributed by atoms with Gasteiger partial charge in [-0.2, -0.15) is 5.10 Å². The third kappa shape index (κ3) is 3.10. The first-order valence-corrected chi connectivity index (χ1v) is 8.08. The van der Waals surface area contributed by atoms with Crippen molar-refractivity contribution in [2.75, 3.05) is 7.05 Å². The highest BCUT2D eigenvalue weighted by molar-refractivity contribution is 5.36. The molecule has 6 heteroatoms. The van der Waals surface area contributed by atoms with Crippen molar-refractivity contribution in [2.24, 2.45) is 0 Å². The number of para-hydroxylation sites is 1. The molecule has 0 radical (unpaired) electrons. The lowest BCUT2D eigenvalue weighted by Crippen LogP contribution is -2.23. The van der Waals surface area contributed by atoms with Gasteiger partial charge in [0.05, 0.1) is 17.4 Å². The Bertz CT molecular complexity index is 821. The number of nitrogens with zero attached hydrogens (tertiary/aromatic N) is 5. The molecule has 0 fully saturated rings. The second-order valence-corrected chi connectivity index (χ2v) is 6.15. The van der Waals surface area contributed by atoms with Crippen LogP contribution < -0.4 is 0 Å². The second-order valence-electron chi connectivity index (χ2n) is 6.15. The molecule has 0 spiro atoms. The molecule has 0 aliphatic heterocycles. The largest absolute Gasteiger partial charge is 0.424 e. The fraction of sp³-hybridized carbons (Fsp3) is 0.389. The van der Waals surface area contributed by atoms with Crippen LogP contribution >= 0.6 is 0 Å². The Hall–Kier alpha value is -2.47. The van der Waals surface area contributed by atoms with E-state index in [0.717, 1.165) is 23.6 Å². The molecule has 1 aromatic carbocycles. The van der Waals surface area contributed by atoms with Crippen molar-refractivity contribution in [3.63, 3.8) is 0 Å². The van der Waals surface area contributed by atoms with Crippen molar-refractivity contribution in [3.8, 4) is 5.69 Å². The van der Waals surface area contributed by atoms with Crippen LogP contribution in [0.1, 0.15) is 41.7 Å². The molecule has 0 aliphatic carbocycles. The molecule has 0 saturated carbocycles. The number of rotatable bonds is 5. The Morgan fingerprint density at radius 3 is 2.46 bits per heavy atom. The predicted octanol–water partition coefficient (Wildman–Crippen LogP) is 3.37. The van der Waals surface area contributed by atoms with Crippen molar-refractivity contribution >= 4 is 0 Å². The Labute approximate surface area is 142 Å². The third-order valence-corrected chi connectivity index (χ3v) is 4.41. The molecule has 1 atom stereocenters.